The van der Waals surface area contributed by atoms with Crippen molar-refractivity contribution in [2.75, 3.05) is 12.3 Å². The van der Waals surface area contributed by atoms with Crippen LogP contribution in [0.25, 0.3) is 0 Å². The lowest BCUT2D eigenvalue weighted by molar-refractivity contribution is -0.121. The van der Waals surface area contributed by atoms with Crippen molar-refractivity contribution in [3.8, 4) is 0 Å². The number of aliphatic hydroxyl groups is 1. The Hall–Kier alpha value is -1.00. The second-order valence-corrected chi connectivity index (χ2v) is 8.22. The number of amides is 1. The Labute approximate surface area is 132 Å². The van der Waals surface area contributed by atoms with Crippen LogP contribution in [-0.2, 0) is 4.79 Å². The molecule has 1 aromatic carbocycles. The van der Waals surface area contributed by atoms with Crippen LogP contribution in [0.1, 0.15) is 50.8 Å². The van der Waals surface area contributed by atoms with Crippen molar-refractivity contribution in [2.45, 2.75) is 51.4 Å². The number of benzene rings is 1. The van der Waals surface area contributed by atoms with Crippen LogP contribution < -0.4 is 5.32 Å². The van der Waals surface area contributed by atoms with Gasteiger partial charge in [0.15, 0.2) is 0 Å². The molecule has 3 nitrogen and oxygen atoms in total. The summed E-state index contributed by atoms with van der Waals surface area (Å²) in [6.45, 7) is 8.79. The number of nitrogens with one attached hydrogen (secondary N) is 1. The Morgan fingerprint density at radius 1 is 1.38 bits per heavy atom. The van der Waals surface area contributed by atoms with Crippen LogP contribution in [0, 0.1) is 6.92 Å². The molecule has 0 heterocycles. The molecule has 0 aliphatic rings. The minimum Gasteiger partial charge on any atom is -0.387 e. The first-order valence-corrected chi connectivity index (χ1v) is 8.42. The molecular formula is C17H27NO2S. The minimum atomic E-state index is -0.641. The molecular weight excluding hydrogens is 282 g/mol. The van der Waals surface area contributed by atoms with Crippen LogP contribution >= 0.6 is 11.8 Å². The normalized spacial score (nSPS) is 13.0. The van der Waals surface area contributed by atoms with Crippen LogP contribution in [0.15, 0.2) is 24.3 Å². The maximum Gasteiger partial charge on any atom is 0.220 e. The molecule has 1 atom stereocenters. The molecule has 0 aliphatic heterocycles. The highest BCUT2D eigenvalue weighted by Crippen LogP contribution is 2.23. The summed E-state index contributed by atoms with van der Waals surface area (Å²) in [5.41, 5.74) is 1.95. The zero-order valence-electron chi connectivity index (χ0n) is 13.5. The monoisotopic (exact) mass is 309 g/mol. The smallest absolute Gasteiger partial charge is 0.220 e. The summed E-state index contributed by atoms with van der Waals surface area (Å²) in [5.74, 6) is 0.994. The second-order valence-electron chi connectivity index (χ2n) is 6.30. The van der Waals surface area contributed by atoms with Gasteiger partial charge in [0.2, 0.25) is 5.91 Å². The maximum atomic E-state index is 11.7. The summed E-state index contributed by atoms with van der Waals surface area (Å²) in [6.07, 6.45) is 0.746. The summed E-state index contributed by atoms with van der Waals surface area (Å²) in [5, 5.41) is 12.9. The van der Waals surface area contributed by atoms with Crippen molar-refractivity contribution >= 4 is 17.7 Å². The molecule has 0 aromatic heterocycles. The zero-order chi connectivity index (χ0) is 15.9. The molecule has 0 saturated heterocycles. The van der Waals surface area contributed by atoms with E-state index in [9.17, 15) is 9.90 Å². The standard InChI is InChI=1S/C17H27NO2S/c1-13-7-5-8-14(11-13)15(19)12-18-16(20)9-6-10-21-17(2,3)4/h5,7-8,11,15,19H,6,9-10,12H2,1-4H3,(H,18,20). The van der Waals surface area contributed by atoms with E-state index in [-0.39, 0.29) is 17.2 Å². The van der Waals surface area contributed by atoms with Crippen LogP contribution in [0.5, 0.6) is 0 Å². The number of aliphatic hydroxyl groups excluding tert-OH is 1. The van der Waals surface area contributed by atoms with Crippen molar-refractivity contribution in [2.24, 2.45) is 0 Å². The third kappa shape index (κ3) is 8.12. The average Bonchev–Trinajstić information content (AvgIpc) is 2.40. The van der Waals surface area contributed by atoms with Gasteiger partial charge in [-0.1, -0.05) is 50.6 Å². The lowest BCUT2D eigenvalue weighted by Gasteiger charge is -2.17. The molecule has 0 bridgehead atoms. The number of carbonyl (C=O) groups excluding carboxylic acids is 1. The summed E-state index contributed by atoms with van der Waals surface area (Å²) >= 11 is 1.87. The summed E-state index contributed by atoms with van der Waals surface area (Å²) in [7, 11) is 0. The van der Waals surface area contributed by atoms with E-state index in [1.54, 1.807) is 0 Å². The summed E-state index contributed by atoms with van der Waals surface area (Å²) in [6, 6.07) is 7.72. The third-order valence-electron chi connectivity index (χ3n) is 3.00. The van der Waals surface area contributed by atoms with Gasteiger partial charge in [-0.05, 0) is 24.7 Å². The topological polar surface area (TPSA) is 49.3 Å². The first-order valence-electron chi connectivity index (χ1n) is 7.43. The molecule has 2 N–H and O–H groups in total. The highest BCUT2D eigenvalue weighted by atomic mass is 32.2. The van der Waals surface area contributed by atoms with E-state index in [1.807, 2.05) is 43.0 Å². The Bertz CT molecular complexity index is 454. The van der Waals surface area contributed by atoms with E-state index >= 15 is 0 Å². The molecule has 4 heteroatoms. The number of hydrogen-bond donors (Lipinski definition) is 2. The van der Waals surface area contributed by atoms with Gasteiger partial charge < -0.3 is 10.4 Å². The first kappa shape index (κ1) is 18.1. The van der Waals surface area contributed by atoms with E-state index in [2.05, 4.69) is 26.1 Å². The molecule has 1 unspecified atom stereocenters. The Morgan fingerprint density at radius 3 is 2.71 bits per heavy atom. The van der Waals surface area contributed by atoms with Gasteiger partial charge in [-0.25, -0.2) is 0 Å². The Kier molecular flexibility index (Phi) is 7.26. The van der Waals surface area contributed by atoms with Crippen LogP contribution in [-0.4, -0.2) is 28.1 Å². The largest absolute Gasteiger partial charge is 0.387 e. The van der Waals surface area contributed by atoms with Crippen LogP contribution in [0.4, 0.5) is 0 Å². The fourth-order valence-electron chi connectivity index (χ4n) is 1.91. The molecule has 0 radical (unpaired) electrons. The second kappa shape index (κ2) is 8.44. The fraction of sp³-hybridized carbons (Fsp3) is 0.588. The van der Waals surface area contributed by atoms with Gasteiger partial charge >= 0.3 is 0 Å². The fourth-order valence-corrected chi connectivity index (χ4v) is 2.81. The van der Waals surface area contributed by atoms with Crippen molar-refractivity contribution in [3.63, 3.8) is 0 Å². The summed E-state index contributed by atoms with van der Waals surface area (Å²) in [4.78, 5) is 11.7. The van der Waals surface area contributed by atoms with Crippen molar-refractivity contribution in [1.29, 1.82) is 0 Å². The molecule has 1 amide bonds. The molecule has 0 fully saturated rings. The molecule has 1 aromatic rings. The Morgan fingerprint density at radius 2 is 2.10 bits per heavy atom. The lowest BCUT2D eigenvalue weighted by atomic mass is 10.1. The Balaban J connectivity index is 2.24. The SMILES string of the molecule is Cc1cccc(C(O)CNC(=O)CCCSC(C)(C)C)c1. The van der Waals surface area contributed by atoms with Gasteiger partial charge in [0.1, 0.15) is 0 Å². The molecule has 21 heavy (non-hydrogen) atoms. The minimum absolute atomic E-state index is 0.0104. The lowest BCUT2D eigenvalue weighted by Crippen LogP contribution is -2.28. The molecule has 118 valence electrons. The van der Waals surface area contributed by atoms with Gasteiger partial charge in [0.05, 0.1) is 6.10 Å². The molecule has 0 spiro atoms. The highest BCUT2D eigenvalue weighted by Gasteiger charge is 2.12. The van der Waals surface area contributed by atoms with E-state index in [1.165, 1.54) is 0 Å². The average molecular weight is 309 g/mol. The first-order chi connectivity index (χ1) is 9.78. The van der Waals surface area contributed by atoms with Crippen LogP contribution in [0.3, 0.4) is 0 Å². The van der Waals surface area contributed by atoms with E-state index < -0.39 is 6.10 Å². The van der Waals surface area contributed by atoms with Gasteiger partial charge in [-0.15, -0.1) is 0 Å². The predicted octanol–water partition coefficient (Wildman–Crippen LogP) is 3.46. The van der Waals surface area contributed by atoms with Crippen molar-refractivity contribution in [1.82, 2.24) is 5.32 Å². The molecule has 0 saturated carbocycles. The third-order valence-corrected chi connectivity index (χ3v) is 4.36. The van der Waals surface area contributed by atoms with E-state index in [0.29, 0.717) is 6.42 Å². The van der Waals surface area contributed by atoms with Gasteiger partial charge in [-0.3, -0.25) is 4.79 Å². The zero-order valence-corrected chi connectivity index (χ0v) is 14.3. The van der Waals surface area contributed by atoms with E-state index in [4.69, 9.17) is 0 Å². The van der Waals surface area contributed by atoms with Gasteiger partial charge in [0, 0.05) is 17.7 Å². The van der Waals surface area contributed by atoms with Crippen molar-refractivity contribution < 1.29 is 9.90 Å². The molecule has 0 aliphatic carbocycles. The predicted molar refractivity (Wildman–Crippen MR) is 90.6 cm³/mol. The number of hydrogen-bond acceptors (Lipinski definition) is 3. The maximum absolute atomic E-state index is 11.7. The van der Waals surface area contributed by atoms with Gasteiger partial charge in [0.25, 0.3) is 0 Å². The molecule has 1 rings (SSSR count). The van der Waals surface area contributed by atoms with Crippen LogP contribution in [0.2, 0.25) is 0 Å². The highest BCUT2D eigenvalue weighted by molar-refractivity contribution is 8.00. The van der Waals surface area contributed by atoms with Gasteiger partial charge in [-0.2, -0.15) is 11.8 Å². The quantitative estimate of drug-likeness (QED) is 0.758. The summed E-state index contributed by atoms with van der Waals surface area (Å²) < 4.78 is 0.248. The number of carbonyl (C=O) groups is 1. The number of aryl methyl sites for hydroxylation is 1. The number of rotatable bonds is 7. The van der Waals surface area contributed by atoms with E-state index in [0.717, 1.165) is 23.3 Å². The number of thioether (sulfide) groups is 1. The van der Waals surface area contributed by atoms with Crippen molar-refractivity contribution in [3.05, 3.63) is 35.4 Å².